The van der Waals surface area contributed by atoms with Crippen LogP contribution in [0, 0.1) is 0 Å². The lowest BCUT2D eigenvalue weighted by molar-refractivity contribution is -0.909. The van der Waals surface area contributed by atoms with E-state index in [0.717, 1.165) is 53.8 Å². The lowest BCUT2D eigenvalue weighted by Gasteiger charge is -2.24. The number of aromatic nitrogens is 4. The number of hydrogen-bond donors (Lipinski definition) is 4. The summed E-state index contributed by atoms with van der Waals surface area (Å²) >= 11 is 0. The molecule has 1 unspecified atom stereocenters. The molecule has 2 aromatic heterocycles. The van der Waals surface area contributed by atoms with Crippen molar-refractivity contribution < 1.29 is 4.90 Å². The minimum atomic E-state index is 0.457. The van der Waals surface area contributed by atoms with Crippen LogP contribution in [-0.4, -0.2) is 33.3 Å². The number of anilines is 1. The maximum Gasteiger partial charge on any atom is 0.263 e. The topological polar surface area (TPSA) is 83.0 Å². The molecule has 0 saturated carbocycles. The Morgan fingerprint density at radius 3 is 2.68 bits per heavy atom. The summed E-state index contributed by atoms with van der Waals surface area (Å²) in [6.07, 6.45) is 3.22. The van der Waals surface area contributed by atoms with Gasteiger partial charge in [-0.1, -0.05) is 48.5 Å². The van der Waals surface area contributed by atoms with E-state index in [4.69, 9.17) is 0 Å². The lowest BCUT2D eigenvalue weighted by atomic mass is 10.1. The Kier molecular flexibility index (Phi) is 4.34. The van der Waals surface area contributed by atoms with Gasteiger partial charge in [0.15, 0.2) is 5.65 Å². The van der Waals surface area contributed by atoms with Crippen molar-refractivity contribution in [3.63, 3.8) is 0 Å². The van der Waals surface area contributed by atoms with E-state index >= 15 is 0 Å². The Hall–Kier alpha value is -3.45. The third-order valence-electron chi connectivity index (χ3n) is 5.14. The number of benzene rings is 2. The molecule has 3 heterocycles. The fourth-order valence-electron chi connectivity index (χ4n) is 3.65. The quantitative estimate of drug-likeness (QED) is 0.402. The van der Waals surface area contributed by atoms with Crippen molar-refractivity contribution in [2.75, 3.05) is 18.5 Å². The van der Waals surface area contributed by atoms with Crippen LogP contribution in [0.15, 0.2) is 66.4 Å². The van der Waals surface area contributed by atoms with Gasteiger partial charge < -0.3 is 15.3 Å². The molecule has 140 valence electrons. The number of fused-ring (bicyclic) bond motifs is 3. The van der Waals surface area contributed by atoms with Crippen LogP contribution >= 0.6 is 0 Å². The maximum atomic E-state index is 4.53. The van der Waals surface area contributed by atoms with Gasteiger partial charge in [-0.3, -0.25) is 5.43 Å². The number of aromatic amines is 1. The second-order valence-electron chi connectivity index (χ2n) is 7.10. The van der Waals surface area contributed by atoms with Crippen LogP contribution in [0.5, 0.6) is 0 Å². The third-order valence-corrected chi connectivity index (χ3v) is 5.14. The van der Waals surface area contributed by atoms with E-state index in [1.807, 2.05) is 24.3 Å². The molecule has 28 heavy (non-hydrogen) atoms. The van der Waals surface area contributed by atoms with Crippen molar-refractivity contribution in [2.24, 2.45) is 0 Å². The standard InChI is InChI=1S/C21H21N7/c1-2-6-15(7-3-1)14-28-12-10-16(11-13-28)24-26-21-23-20-19(25-27-21)17-8-4-5-9-18(17)22-20/h1-10,24H,11-14H2,(H2,22,23,26,27)/p+1. The Bertz CT molecular complexity index is 1130. The van der Waals surface area contributed by atoms with Crippen LogP contribution in [0.4, 0.5) is 5.95 Å². The zero-order valence-electron chi connectivity index (χ0n) is 15.4. The van der Waals surface area contributed by atoms with Gasteiger partial charge in [0.05, 0.1) is 13.1 Å². The third kappa shape index (κ3) is 3.39. The molecule has 0 radical (unpaired) electrons. The molecular formula is C21H22N7+. The van der Waals surface area contributed by atoms with Gasteiger partial charge in [-0.25, -0.2) is 0 Å². The summed E-state index contributed by atoms with van der Waals surface area (Å²) < 4.78 is 0. The molecule has 0 aliphatic carbocycles. The van der Waals surface area contributed by atoms with Crippen molar-refractivity contribution in [1.82, 2.24) is 25.6 Å². The maximum absolute atomic E-state index is 4.53. The molecule has 1 aliphatic heterocycles. The highest BCUT2D eigenvalue weighted by molar-refractivity contribution is 6.03. The van der Waals surface area contributed by atoms with Crippen molar-refractivity contribution in [2.45, 2.75) is 13.0 Å². The first-order chi connectivity index (χ1) is 13.8. The average molecular weight is 372 g/mol. The average Bonchev–Trinajstić information content (AvgIpc) is 3.12. The normalized spacial score (nSPS) is 16.9. The van der Waals surface area contributed by atoms with Gasteiger partial charge in [0, 0.05) is 28.6 Å². The smallest absolute Gasteiger partial charge is 0.263 e. The SMILES string of the molecule is C1=C(NNc2nnc3c(n2)[nH]c2ccccc23)CC[NH+](Cc2ccccc2)C1. The number of nitrogens with one attached hydrogen (secondary N) is 4. The summed E-state index contributed by atoms with van der Waals surface area (Å²) in [5.41, 5.74) is 11.4. The minimum absolute atomic E-state index is 0.457. The summed E-state index contributed by atoms with van der Waals surface area (Å²) in [5, 5.41) is 9.56. The van der Waals surface area contributed by atoms with Crippen LogP contribution in [0.25, 0.3) is 22.1 Å². The summed E-state index contributed by atoms with van der Waals surface area (Å²) in [4.78, 5) is 9.38. The van der Waals surface area contributed by atoms with Gasteiger partial charge in [0.1, 0.15) is 12.1 Å². The summed E-state index contributed by atoms with van der Waals surface area (Å²) in [6.45, 7) is 3.15. The highest BCUT2D eigenvalue weighted by Crippen LogP contribution is 2.21. The minimum Gasteiger partial charge on any atom is -0.338 e. The van der Waals surface area contributed by atoms with Crippen molar-refractivity contribution in [3.8, 4) is 0 Å². The van der Waals surface area contributed by atoms with E-state index in [0.29, 0.717) is 5.95 Å². The molecule has 2 aromatic carbocycles. The van der Waals surface area contributed by atoms with E-state index < -0.39 is 0 Å². The Morgan fingerprint density at radius 1 is 0.964 bits per heavy atom. The molecule has 0 fully saturated rings. The largest absolute Gasteiger partial charge is 0.338 e. The molecule has 4 aromatic rings. The fraction of sp³-hybridized carbons (Fsp3) is 0.190. The Balaban J connectivity index is 1.22. The molecule has 7 nitrogen and oxygen atoms in total. The summed E-state index contributed by atoms with van der Waals surface area (Å²) in [5.74, 6) is 0.457. The first kappa shape index (κ1) is 16.7. The molecular weight excluding hydrogens is 350 g/mol. The number of hydrazine groups is 1. The van der Waals surface area contributed by atoms with Crippen molar-refractivity contribution in [3.05, 3.63) is 71.9 Å². The van der Waals surface area contributed by atoms with Crippen molar-refractivity contribution in [1.29, 1.82) is 0 Å². The Morgan fingerprint density at radius 2 is 1.82 bits per heavy atom. The number of para-hydroxylation sites is 1. The lowest BCUT2D eigenvalue weighted by Crippen LogP contribution is -3.11. The van der Waals surface area contributed by atoms with Gasteiger partial charge in [-0.15, -0.1) is 10.2 Å². The van der Waals surface area contributed by atoms with Crippen molar-refractivity contribution >= 4 is 28.0 Å². The van der Waals surface area contributed by atoms with E-state index in [-0.39, 0.29) is 0 Å². The van der Waals surface area contributed by atoms with Gasteiger partial charge in [-0.05, 0) is 12.1 Å². The number of hydrogen-bond acceptors (Lipinski definition) is 5. The first-order valence-electron chi connectivity index (χ1n) is 9.55. The zero-order valence-corrected chi connectivity index (χ0v) is 15.4. The van der Waals surface area contributed by atoms with Crippen LogP contribution in [0.3, 0.4) is 0 Å². The predicted octanol–water partition coefficient (Wildman–Crippen LogP) is 1.80. The van der Waals surface area contributed by atoms with Gasteiger partial charge in [0.25, 0.3) is 5.95 Å². The van der Waals surface area contributed by atoms with Crippen LogP contribution in [0.2, 0.25) is 0 Å². The van der Waals surface area contributed by atoms with E-state index in [1.165, 1.54) is 5.56 Å². The van der Waals surface area contributed by atoms with E-state index in [9.17, 15) is 0 Å². The molecule has 0 spiro atoms. The Labute approximate surface area is 162 Å². The number of H-pyrrole nitrogens is 1. The van der Waals surface area contributed by atoms with Gasteiger partial charge >= 0.3 is 0 Å². The molecule has 7 heteroatoms. The molecule has 0 bridgehead atoms. The highest BCUT2D eigenvalue weighted by atomic mass is 15.4. The predicted molar refractivity (Wildman–Crippen MR) is 109 cm³/mol. The second-order valence-corrected chi connectivity index (χ2v) is 7.10. The number of rotatable bonds is 5. The second kappa shape index (κ2) is 7.28. The van der Waals surface area contributed by atoms with E-state index in [1.54, 1.807) is 4.90 Å². The molecule has 4 N–H and O–H groups in total. The highest BCUT2D eigenvalue weighted by Gasteiger charge is 2.15. The molecule has 0 saturated heterocycles. The van der Waals surface area contributed by atoms with Crippen LogP contribution in [-0.2, 0) is 6.54 Å². The molecule has 1 atom stereocenters. The van der Waals surface area contributed by atoms with Gasteiger partial charge in [0.2, 0.25) is 0 Å². The molecule has 0 amide bonds. The molecule has 1 aliphatic rings. The summed E-state index contributed by atoms with van der Waals surface area (Å²) in [6, 6.07) is 18.7. The number of quaternary nitrogens is 1. The first-order valence-corrected chi connectivity index (χ1v) is 9.55. The molecule has 5 rings (SSSR count). The summed E-state index contributed by atoms with van der Waals surface area (Å²) in [7, 11) is 0. The van der Waals surface area contributed by atoms with Crippen LogP contribution in [0.1, 0.15) is 12.0 Å². The zero-order chi connectivity index (χ0) is 18.8. The van der Waals surface area contributed by atoms with Crippen LogP contribution < -0.4 is 15.8 Å². The monoisotopic (exact) mass is 372 g/mol. The fourth-order valence-corrected chi connectivity index (χ4v) is 3.65. The van der Waals surface area contributed by atoms with Gasteiger partial charge in [-0.2, -0.15) is 4.98 Å². The number of nitrogens with zero attached hydrogens (tertiary/aromatic N) is 3. The van der Waals surface area contributed by atoms with E-state index in [2.05, 4.69) is 67.4 Å².